The number of carboxylic acid groups (broad SMARTS) is 1. The molecule has 1 aliphatic rings. The molecule has 0 aromatic heterocycles. The summed E-state index contributed by atoms with van der Waals surface area (Å²) >= 11 is 0. The van der Waals surface area contributed by atoms with Crippen LogP contribution in [0.2, 0.25) is 0 Å². The van der Waals surface area contributed by atoms with Crippen molar-refractivity contribution in [3.05, 3.63) is 0 Å². The van der Waals surface area contributed by atoms with Gasteiger partial charge in [-0.15, -0.1) is 0 Å². The predicted molar refractivity (Wildman–Crippen MR) is 60.2 cm³/mol. The van der Waals surface area contributed by atoms with Gasteiger partial charge in [0.05, 0.1) is 6.10 Å². The Labute approximate surface area is 96.6 Å². The Morgan fingerprint density at radius 2 is 1.94 bits per heavy atom. The predicted octanol–water partition coefficient (Wildman–Crippen LogP) is 1.81. The molecule has 1 unspecified atom stereocenters. The van der Waals surface area contributed by atoms with E-state index >= 15 is 0 Å². The van der Waals surface area contributed by atoms with Crippen molar-refractivity contribution in [2.45, 2.75) is 57.2 Å². The number of ether oxygens (including phenoxy) is 1. The summed E-state index contributed by atoms with van der Waals surface area (Å²) in [6.45, 7) is 1.90. The topological polar surface area (TPSA) is 66.8 Å². The maximum absolute atomic E-state index is 11.2. The van der Waals surface area contributed by atoms with Crippen molar-refractivity contribution in [2.24, 2.45) is 5.92 Å². The summed E-state index contributed by atoms with van der Waals surface area (Å²) in [6.07, 6.45) is 4.43. The Bertz CT molecular complexity index is 233. The van der Waals surface area contributed by atoms with Crippen LogP contribution in [0.3, 0.4) is 0 Å². The molecular formula is C12H22O4. The van der Waals surface area contributed by atoms with E-state index in [1.54, 1.807) is 7.11 Å². The molecule has 0 bridgehead atoms. The minimum absolute atomic E-state index is 0.128. The van der Waals surface area contributed by atoms with Gasteiger partial charge in [0.15, 0.2) is 5.60 Å². The number of carbonyl (C=O) groups is 1. The summed E-state index contributed by atoms with van der Waals surface area (Å²) in [5.74, 6) is -1.20. The molecule has 0 aliphatic heterocycles. The third-order valence-corrected chi connectivity index (χ3v) is 3.68. The van der Waals surface area contributed by atoms with Gasteiger partial charge in [-0.2, -0.15) is 0 Å². The zero-order chi connectivity index (χ0) is 12.2. The summed E-state index contributed by atoms with van der Waals surface area (Å²) in [7, 11) is 1.68. The van der Waals surface area contributed by atoms with Gasteiger partial charge in [0.1, 0.15) is 0 Å². The van der Waals surface area contributed by atoms with Crippen LogP contribution in [0.15, 0.2) is 0 Å². The van der Waals surface area contributed by atoms with Gasteiger partial charge >= 0.3 is 5.97 Å². The SMILES string of the molecule is CCCC(O)(C(=O)O)C1CCC(OC)CC1. The van der Waals surface area contributed by atoms with Crippen molar-refractivity contribution in [1.29, 1.82) is 0 Å². The Morgan fingerprint density at radius 1 is 1.38 bits per heavy atom. The Kier molecular flexibility index (Phi) is 4.74. The van der Waals surface area contributed by atoms with E-state index < -0.39 is 11.6 Å². The highest BCUT2D eigenvalue weighted by atomic mass is 16.5. The van der Waals surface area contributed by atoms with E-state index in [1.807, 2.05) is 6.92 Å². The first kappa shape index (κ1) is 13.5. The highest BCUT2D eigenvalue weighted by molar-refractivity contribution is 5.77. The molecule has 1 saturated carbocycles. The Balaban J connectivity index is 2.64. The van der Waals surface area contributed by atoms with Crippen molar-refractivity contribution >= 4 is 5.97 Å². The molecule has 4 nitrogen and oxygen atoms in total. The number of carboxylic acids is 1. The largest absolute Gasteiger partial charge is 0.479 e. The monoisotopic (exact) mass is 230 g/mol. The Morgan fingerprint density at radius 3 is 2.31 bits per heavy atom. The minimum Gasteiger partial charge on any atom is -0.479 e. The highest BCUT2D eigenvalue weighted by Crippen LogP contribution is 2.36. The second-order valence-electron chi connectivity index (χ2n) is 4.69. The second kappa shape index (κ2) is 5.64. The molecule has 94 valence electrons. The van der Waals surface area contributed by atoms with E-state index in [2.05, 4.69) is 0 Å². The highest BCUT2D eigenvalue weighted by Gasteiger charge is 2.44. The molecule has 0 heterocycles. The molecule has 0 aromatic carbocycles. The van der Waals surface area contributed by atoms with Crippen molar-refractivity contribution in [3.8, 4) is 0 Å². The third-order valence-electron chi connectivity index (χ3n) is 3.68. The molecule has 16 heavy (non-hydrogen) atoms. The fourth-order valence-corrected chi connectivity index (χ4v) is 2.64. The summed E-state index contributed by atoms with van der Waals surface area (Å²) in [5, 5.41) is 19.4. The van der Waals surface area contributed by atoms with Crippen LogP contribution in [-0.2, 0) is 9.53 Å². The first-order valence-corrected chi connectivity index (χ1v) is 6.03. The molecule has 0 spiro atoms. The number of aliphatic hydroxyl groups is 1. The van der Waals surface area contributed by atoms with Gasteiger partial charge < -0.3 is 14.9 Å². The number of rotatable bonds is 5. The molecule has 0 saturated heterocycles. The van der Waals surface area contributed by atoms with Gasteiger partial charge in [0.25, 0.3) is 0 Å². The van der Waals surface area contributed by atoms with E-state index in [0.717, 1.165) is 25.7 Å². The average Bonchev–Trinajstić information content (AvgIpc) is 2.29. The summed E-state index contributed by atoms with van der Waals surface area (Å²) in [6, 6.07) is 0. The lowest BCUT2D eigenvalue weighted by molar-refractivity contribution is -0.169. The van der Waals surface area contributed by atoms with Gasteiger partial charge in [-0.05, 0) is 38.0 Å². The van der Waals surface area contributed by atoms with Crippen LogP contribution in [0.4, 0.5) is 0 Å². The number of aliphatic carboxylic acids is 1. The zero-order valence-electron chi connectivity index (χ0n) is 10.1. The number of hydrogen-bond donors (Lipinski definition) is 2. The molecule has 4 heteroatoms. The van der Waals surface area contributed by atoms with Crippen LogP contribution in [-0.4, -0.2) is 35.0 Å². The quantitative estimate of drug-likeness (QED) is 0.756. The van der Waals surface area contributed by atoms with E-state index in [4.69, 9.17) is 9.84 Å². The molecular weight excluding hydrogens is 208 g/mol. The van der Waals surface area contributed by atoms with Crippen LogP contribution in [0, 0.1) is 5.92 Å². The van der Waals surface area contributed by atoms with E-state index in [0.29, 0.717) is 12.8 Å². The van der Waals surface area contributed by atoms with E-state index in [-0.39, 0.29) is 12.0 Å². The van der Waals surface area contributed by atoms with Crippen molar-refractivity contribution in [2.75, 3.05) is 7.11 Å². The lowest BCUT2D eigenvalue weighted by Crippen LogP contribution is -2.47. The normalized spacial score (nSPS) is 29.7. The fraction of sp³-hybridized carbons (Fsp3) is 0.917. The first-order valence-electron chi connectivity index (χ1n) is 6.03. The van der Waals surface area contributed by atoms with Crippen molar-refractivity contribution in [1.82, 2.24) is 0 Å². The standard InChI is InChI=1S/C12H22O4/c1-3-8-12(15,11(13)14)9-4-6-10(16-2)7-5-9/h9-10,15H,3-8H2,1-2H3,(H,13,14). The van der Waals surface area contributed by atoms with E-state index in [9.17, 15) is 9.90 Å². The van der Waals surface area contributed by atoms with Crippen molar-refractivity contribution in [3.63, 3.8) is 0 Å². The first-order chi connectivity index (χ1) is 7.54. The summed E-state index contributed by atoms with van der Waals surface area (Å²) in [4.78, 5) is 11.2. The summed E-state index contributed by atoms with van der Waals surface area (Å²) in [5.41, 5.74) is -1.53. The molecule has 0 radical (unpaired) electrons. The Hall–Kier alpha value is -0.610. The molecule has 1 aliphatic carbocycles. The van der Waals surface area contributed by atoms with Gasteiger partial charge in [0, 0.05) is 7.11 Å². The van der Waals surface area contributed by atoms with Crippen LogP contribution in [0.25, 0.3) is 0 Å². The maximum atomic E-state index is 11.2. The molecule has 1 rings (SSSR count). The molecule has 1 fully saturated rings. The lowest BCUT2D eigenvalue weighted by Gasteiger charge is -2.37. The fourth-order valence-electron chi connectivity index (χ4n) is 2.64. The van der Waals surface area contributed by atoms with Crippen LogP contribution >= 0.6 is 0 Å². The molecule has 2 N–H and O–H groups in total. The van der Waals surface area contributed by atoms with Gasteiger partial charge in [-0.3, -0.25) is 0 Å². The summed E-state index contributed by atoms with van der Waals surface area (Å²) < 4.78 is 5.24. The van der Waals surface area contributed by atoms with Gasteiger partial charge in [0.2, 0.25) is 0 Å². The van der Waals surface area contributed by atoms with E-state index in [1.165, 1.54) is 0 Å². The van der Waals surface area contributed by atoms with Gasteiger partial charge in [-0.25, -0.2) is 4.79 Å². The minimum atomic E-state index is -1.53. The third kappa shape index (κ3) is 2.74. The number of hydrogen-bond acceptors (Lipinski definition) is 3. The van der Waals surface area contributed by atoms with Gasteiger partial charge in [-0.1, -0.05) is 13.3 Å². The molecule has 1 atom stereocenters. The van der Waals surface area contributed by atoms with Crippen LogP contribution < -0.4 is 0 Å². The smallest absolute Gasteiger partial charge is 0.335 e. The maximum Gasteiger partial charge on any atom is 0.335 e. The number of methoxy groups -OCH3 is 1. The lowest BCUT2D eigenvalue weighted by atomic mass is 9.74. The average molecular weight is 230 g/mol. The van der Waals surface area contributed by atoms with Crippen LogP contribution in [0.1, 0.15) is 45.4 Å². The van der Waals surface area contributed by atoms with Crippen molar-refractivity contribution < 1.29 is 19.7 Å². The molecule has 0 aromatic rings. The zero-order valence-corrected chi connectivity index (χ0v) is 10.1. The second-order valence-corrected chi connectivity index (χ2v) is 4.69. The van der Waals surface area contributed by atoms with Crippen LogP contribution in [0.5, 0.6) is 0 Å². The molecule has 0 amide bonds.